The van der Waals surface area contributed by atoms with Crippen LogP contribution in [0, 0.1) is 6.92 Å². The highest BCUT2D eigenvalue weighted by Crippen LogP contribution is 2.52. The van der Waals surface area contributed by atoms with Crippen LogP contribution >= 0.6 is 7.60 Å². The van der Waals surface area contributed by atoms with E-state index in [1.807, 2.05) is 58.9 Å². The van der Waals surface area contributed by atoms with Gasteiger partial charge in [-0.2, -0.15) is 0 Å². The molecule has 1 rings (SSSR count). The standard InChI is InChI=1S/C15H23O3P/c1-12(2)17-19(16,18-13(3)4)11-10-15-9-7-6-8-14(15)5/h6-13H,1-5H3/b11-10+. The summed E-state index contributed by atoms with van der Waals surface area (Å²) < 4.78 is 23.5. The lowest BCUT2D eigenvalue weighted by atomic mass is 10.1. The average molecular weight is 282 g/mol. The Labute approximate surface area is 116 Å². The summed E-state index contributed by atoms with van der Waals surface area (Å²) in [5.41, 5.74) is 2.14. The summed E-state index contributed by atoms with van der Waals surface area (Å²) in [6, 6.07) is 7.91. The molecule has 0 bridgehead atoms. The normalized spacial score (nSPS) is 12.8. The fourth-order valence-corrected chi connectivity index (χ4v) is 3.34. The molecule has 1 aromatic carbocycles. The number of aryl methyl sites for hydroxylation is 1. The number of hydrogen-bond donors (Lipinski definition) is 0. The van der Waals surface area contributed by atoms with Crippen molar-refractivity contribution in [3.05, 3.63) is 41.2 Å². The zero-order valence-corrected chi connectivity index (χ0v) is 13.2. The third-order valence-electron chi connectivity index (χ3n) is 2.34. The van der Waals surface area contributed by atoms with Gasteiger partial charge in [-0.25, -0.2) is 0 Å². The quantitative estimate of drug-likeness (QED) is 0.688. The van der Waals surface area contributed by atoms with Crippen LogP contribution in [0.1, 0.15) is 38.8 Å². The second-order valence-corrected chi connectivity index (χ2v) is 6.82. The summed E-state index contributed by atoms with van der Waals surface area (Å²) in [5.74, 6) is 1.55. The van der Waals surface area contributed by atoms with E-state index in [-0.39, 0.29) is 12.2 Å². The van der Waals surface area contributed by atoms with Crippen molar-refractivity contribution >= 4 is 13.7 Å². The molecule has 0 radical (unpaired) electrons. The zero-order chi connectivity index (χ0) is 14.5. The van der Waals surface area contributed by atoms with Gasteiger partial charge in [0.2, 0.25) is 0 Å². The summed E-state index contributed by atoms with van der Waals surface area (Å²) in [6.45, 7) is 9.39. The van der Waals surface area contributed by atoms with E-state index >= 15 is 0 Å². The fraction of sp³-hybridized carbons (Fsp3) is 0.467. The van der Waals surface area contributed by atoms with Gasteiger partial charge in [-0.15, -0.1) is 0 Å². The van der Waals surface area contributed by atoms with Gasteiger partial charge in [0.25, 0.3) is 0 Å². The van der Waals surface area contributed by atoms with Gasteiger partial charge in [0.05, 0.1) is 12.2 Å². The molecule has 0 aliphatic carbocycles. The Kier molecular flexibility index (Phi) is 5.99. The van der Waals surface area contributed by atoms with Crippen molar-refractivity contribution in [1.29, 1.82) is 0 Å². The van der Waals surface area contributed by atoms with Crippen molar-refractivity contribution in [1.82, 2.24) is 0 Å². The predicted molar refractivity (Wildman–Crippen MR) is 80.3 cm³/mol. The smallest absolute Gasteiger partial charge is 0.303 e. The van der Waals surface area contributed by atoms with Crippen molar-refractivity contribution < 1.29 is 13.6 Å². The summed E-state index contributed by atoms with van der Waals surface area (Å²) >= 11 is 0. The van der Waals surface area contributed by atoms with E-state index in [9.17, 15) is 4.57 Å². The maximum Gasteiger partial charge on any atom is 0.354 e. The summed E-state index contributed by atoms with van der Waals surface area (Å²) in [7, 11) is -3.20. The minimum Gasteiger partial charge on any atom is -0.303 e. The SMILES string of the molecule is Cc1ccccc1/C=C/P(=O)(OC(C)C)OC(C)C. The number of benzene rings is 1. The van der Waals surface area contributed by atoms with Crippen LogP contribution in [0.25, 0.3) is 6.08 Å². The lowest BCUT2D eigenvalue weighted by Gasteiger charge is -2.19. The van der Waals surface area contributed by atoms with Gasteiger partial charge in [0.1, 0.15) is 0 Å². The Bertz CT molecular complexity index is 464. The molecular weight excluding hydrogens is 259 g/mol. The van der Waals surface area contributed by atoms with E-state index in [4.69, 9.17) is 9.05 Å². The molecule has 19 heavy (non-hydrogen) atoms. The average Bonchev–Trinajstić information content (AvgIpc) is 2.25. The molecule has 0 aliphatic heterocycles. The molecule has 0 saturated carbocycles. The molecular formula is C15H23O3P. The molecule has 0 saturated heterocycles. The highest BCUT2D eigenvalue weighted by molar-refractivity contribution is 7.57. The van der Waals surface area contributed by atoms with Crippen LogP contribution in [-0.2, 0) is 13.6 Å². The van der Waals surface area contributed by atoms with Crippen LogP contribution in [0.3, 0.4) is 0 Å². The van der Waals surface area contributed by atoms with Crippen LogP contribution < -0.4 is 0 Å². The molecule has 3 nitrogen and oxygen atoms in total. The Morgan fingerprint density at radius 2 is 1.58 bits per heavy atom. The van der Waals surface area contributed by atoms with E-state index in [1.54, 1.807) is 11.9 Å². The van der Waals surface area contributed by atoms with E-state index < -0.39 is 7.60 Å². The van der Waals surface area contributed by atoms with Gasteiger partial charge in [-0.3, -0.25) is 4.57 Å². The van der Waals surface area contributed by atoms with Gasteiger partial charge in [0, 0.05) is 5.82 Å². The van der Waals surface area contributed by atoms with Crippen molar-refractivity contribution in [2.24, 2.45) is 0 Å². The third-order valence-corrected chi connectivity index (χ3v) is 4.29. The zero-order valence-electron chi connectivity index (χ0n) is 12.3. The Balaban J connectivity index is 2.95. The summed E-state index contributed by atoms with van der Waals surface area (Å²) in [6.07, 6.45) is 1.51. The van der Waals surface area contributed by atoms with Gasteiger partial charge in [0.15, 0.2) is 0 Å². The van der Waals surface area contributed by atoms with Crippen molar-refractivity contribution in [2.45, 2.75) is 46.8 Å². The Morgan fingerprint density at radius 3 is 2.05 bits per heavy atom. The minimum atomic E-state index is -3.20. The molecule has 0 aromatic heterocycles. The molecule has 1 aromatic rings. The lowest BCUT2D eigenvalue weighted by Crippen LogP contribution is -2.06. The predicted octanol–water partition coefficient (Wildman–Crippen LogP) is 5.01. The highest BCUT2D eigenvalue weighted by atomic mass is 31.2. The summed E-state index contributed by atoms with van der Waals surface area (Å²) in [4.78, 5) is 0. The minimum absolute atomic E-state index is 0.147. The van der Waals surface area contributed by atoms with Crippen molar-refractivity contribution in [3.8, 4) is 0 Å². The van der Waals surface area contributed by atoms with E-state index in [0.29, 0.717) is 0 Å². The van der Waals surface area contributed by atoms with E-state index in [0.717, 1.165) is 11.1 Å². The van der Waals surface area contributed by atoms with Crippen molar-refractivity contribution in [2.75, 3.05) is 0 Å². The molecule has 0 aliphatic rings. The maximum atomic E-state index is 12.6. The van der Waals surface area contributed by atoms with Crippen LogP contribution in [0.15, 0.2) is 30.1 Å². The highest BCUT2D eigenvalue weighted by Gasteiger charge is 2.24. The molecule has 0 heterocycles. The number of rotatable bonds is 6. The molecule has 0 fully saturated rings. The molecule has 0 atom stereocenters. The van der Waals surface area contributed by atoms with Crippen LogP contribution in [0.4, 0.5) is 0 Å². The van der Waals surface area contributed by atoms with Gasteiger partial charge in [-0.05, 0) is 51.8 Å². The third kappa shape index (κ3) is 5.73. The second kappa shape index (κ2) is 7.04. The number of hydrogen-bond acceptors (Lipinski definition) is 3. The first kappa shape index (κ1) is 16.2. The molecule has 106 valence electrons. The van der Waals surface area contributed by atoms with E-state index in [1.165, 1.54) is 0 Å². The molecule has 0 unspecified atom stereocenters. The first-order valence-corrected chi connectivity index (χ1v) is 8.15. The Morgan fingerprint density at radius 1 is 1.05 bits per heavy atom. The molecule has 0 amide bonds. The lowest BCUT2D eigenvalue weighted by molar-refractivity contribution is 0.149. The maximum absolute atomic E-state index is 12.6. The van der Waals surface area contributed by atoms with Crippen LogP contribution in [0.5, 0.6) is 0 Å². The van der Waals surface area contributed by atoms with Gasteiger partial charge >= 0.3 is 7.60 Å². The first-order chi connectivity index (χ1) is 8.82. The molecule has 0 spiro atoms. The molecule has 0 N–H and O–H groups in total. The van der Waals surface area contributed by atoms with E-state index in [2.05, 4.69) is 0 Å². The Hall–Kier alpha value is -0.890. The second-order valence-electron chi connectivity index (χ2n) is 5.02. The first-order valence-electron chi connectivity index (χ1n) is 6.54. The topological polar surface area (TPSA) is 35.5 Å². The van der Waals surface area contributed by atoms with Gasteiger partial charge in [-0.1, -0.05) is 24.3 Å². The van der Waals surface area contributed by atoms with Crippen LogP contribution in [0.2, 0.25) is 0 Å². The monoisotopic (exact) mass is 282 g/mol. The van der Waals surface area contributed by atoms with Crippen LogP contribution in [-0.4, -0.2) is 12.2 Å². The van der Waals surface area contributed by atoms with Gasteiger partial charge < -0.3 is 9.05 Å². The molecule has 4 heteroatoms. The fourth-order valence-electron chi connectivity index (χ4n) is 1.63. The summed E-state index contributed by atoms with van der Waals surface area (Å²) in [5, 5.41) is 0. The van der Waals surface area contributed by atoms with Crippen molar-refractivity contribution in [3.63, 3.8) is 0 Å². The largest absolute Gasteiger partial charge is 0.354 e.